The van der Waals surface area contributed by atoms with Crippen molar-refractivity contribution in [2.45, 2.75) is 18.9 Å². The number of nitrogens with zero attached hydrogens (tertiary/aromatic N) is 1. The Morgan fingerprint density at radius 1 is 1.73 bits per heavy atom. The normalized spacial score (nSPS) is 26.4. The third-order valence-electron chi connectivity index (χ3n) is 2.26. The van der Waals surface area contributed by atoms with Gasteiger partial charge >= 0.3 is 35.5 Å². The van der Waals surface area contributed by atoms with Gasteiger partial charge in [0.1, 0.15) is 5.70 Å². The topological polar surface area (TPSA) is 40.5 Å². The van der Waals surface area contributed by atoms with Gasteiger partial charge in [-0.3, -0.25) is 0 Å². The summed E-state index contributed by atoms with van der Waals surface area (Å²) < 4.78 is 0. The second-order valence-corrected chi connectivity index (χ2v) is 2.77. The standard InChI is InChI=1S/C7H9NO2.Na.H/c9-7(10)6-2-1-5-3-4-8(5)6;;/h2,5H,1,3-4H2,(H,9,10);;. The van der Waals surface area contributed by atoms with Gasteiger partial charge in [0, 0.05) is 12.6 Å². The molecule has 0 aromatic rings. The zero-order chi connectivity index (χ0) is 7.14. The van der Waals surface area contributed by atoms with E-state index in [4.69, 9.17) is 5.11 Å². The van der Waals surface area contributed by atoms with Crippen molar-refractivity contribution in [1.82, 2.24) is 4.90 Å². The van der Waals surface area contributed by atoms with E-state index in [0.717, 1.165) is 19.4 Å². The van der Waals surface area contributed by atoms with Crippen molar-refractivity contribution >= 4 is 35.5 Å². The monoisotopic (exact) mass is 163 g/mol. The number of hydrogen-bond acceptors (Lipinski definition) is 2. The summed E-state index contributed by atoms with van der Waals surface area (Å²) in [7, 11) is 0. The summed E-state index contributed by atoms with van der Waals surface area (Å²) in [5, 5.41) is 8.63. The van der Waals surface area contributed by atoms with Gasteiger partial charge in [0.05, 0.1) is 0 Å². The zero-order valence-electron chi connectivity index (χ0n) is 5.58. The van der Waals surface area contributed by atoms with Crippen LogP contribution in [-0.2, 0) is 4.79 Å². The number of carbonyl (C=O) groups is 1. The molecule has 11 heavy (non-hydrogen) atoms. The maximum atomic E-state index is 10.5. The zero-order valence-corrected chi connectivity index (χ0v) is 5.58. The Balaban J connectivity index is 0.000000605. The van der Waals surface area contributed by atoms with Crippen molar-refractivity contribution < 1.29 is 9.90 Å². The van der Waals surface area contributed by atoms with Crippen molar-refractivity contribution in [2.24, 2.45) is 0 Å². The van der Waals surface area contributed by atoms with E-state index in [0.29, 0.717) is 11.7 Å². The molecule has 2 aliphatic heterocycles. The molecule has 0 radical (unpaired) electrons. The first-order valence-electron chi connectivity index (χ1n) is 3.49. The van der Waals surface area contributed by atoms with Crippen molar-refractivity contribution in [3.05, 3.63) is 11.8 Å². The fraction of sp³-hybridized carbons (Fsp3) is 0.571. The first-order chi connectivity index (χ1) is 4.79. The van der Waals surface area contributed by atoms with Gasteiger partial charge in [-0.15, -0.1) is 0 Å². The first-order valence-corrected chi connectivity index (χ1v) is 3.49. The molecule has 0 amide bonds. The molecule has 0 saturated carbocycles. The third-order valence-corrected chi connectivity index (χ3v) is 2.26. The summed E-state index contributed by atoms with van der Waals surface area (Å²) in [6.07, 6.45) is 3.91. The molecule has 1 atom stereocenters. The minimum atomic E-state index is -0.776. The van der Waals surface area contributed by atoms with Crippen LogP contribution in [0.15, 0.2) is 11.8 Å². The summed E-state index contributed by atoms with van der Waals surface area (Å²) in [4.78, 5) is 12.4. The molecule has 1 N–H and O–H groups in total. The average Bonchev–Trinajstić information content (AvgIpc) is 2.07. The van der Waals surface area contributed by atoms with Gasteiger partial charge in [-0.25, -0.2) is 4.79 Å². The van der Waals surface area contributed by atoms with Crippen LogP contribution in [0.4, 0.5) is 0 Å². The van der Waals surface area contributed by atoms with E-state index < -0.39 is 5.97 Å². The first kappa shape index (κ1) is 9.10. The molecule has 56 valence electrons. The maximum absolute atomic E-state index is 10.5. The molecule has 2 rings (SSSR count). The van der Waals surface area contributed by atoms with Gasteiger partial charge in [0.15, 0.2) is 0 Å². The summed E-state index contributed by atoms with van der Waals surface area (Å²) in [6.45, 7) is 0.933. The predicted molar refractivity (Wildman–Crippen MR) is 42.6 cm³/mol. The van der Waals surface area contributed by atoms with Crippen LogP contribution in [-0.4, -0.2) is 58.1 Å². The van der Waals surface area contributed by atoms with E-state index in [9.17, 15) is 4.79 Å². The second-order valence-electron chi connectivity index (χ2n) is 2.77. The number of carboxylic acid groups (broad SMARTS) is 1. The Morgan fingerprint density at radius 3 is 2.73 bits per heavy atom. The third kappa shape index (κ3) is 1.33. The van der Waals surface area contributed by atoms with Crippen LogP contribution in [0.25, 0.3) is 0 Å². The van der Waals surface area contributed by atoms with Crippen molar-refractivity contribution in [3.63, 3.8) is 0 Å². The van der Waals surface area contributed by atoms with Crippen LogP contribution in [0.2, 0.25) is 0 Å². The van der Waals surface area contributed by atoms with Gasteiger partial charge in [0.2, 0.25) is 0 Å². The van der Waals surface area contributed by atoms with Crippen molar-refractivity contribution in [1.29, 1.82) is 0 Å². The van der Waals surface area contributed by atoms with Gasteiger partial charge < -0.3 is 10.0 Å². The fourth-order valence-corrected chi connectivity index (χ4v) is 1.58. The Hall–Kier alpha value is 0.0100. The second kappa shape index (κ2) is 3.17. The van der Waals surface area contributed by atoms with E-state index in [1.165, 1.54) is 0 Å². The fourth-order valence-electron chi connectivity index (χ4n) is 1.58. The molecule has 0 bridgehead atoms. The number of fused-ring (bicyclic) bond motifs is 1. The molecule has 1 unspecified atom stereocenters. The molecular formula is C7H10NNaO2. The Bertz CT molecular complexity index is 214. The molecule has 2 aliphatic rings. The van der Waals surface area contributed by atoms with Crippen LogP contribution < -0.4 is 0 Å². The Kier molecular flexibility index (Phi) is 2.62. The summed E-state index contributed by atoms with van der Waals surface area (Å²) in [6, 6.07) is 0.520. The van der Waals surface area contributed by atoms with Gasteiger partial charge in [0.25, 0.3) is 0 Å². The van der Waals surface area contributed by atoms with Crippen molar-refractivity contribution in [3.8, 4) is 0 Å². The number of hydrogen-bond donors (Lipinski definition) is 1. The molecule has 2 heterocycles. The van der Waals surface area contributed by atoms with Crippen LogP contribution >= 0.6 is 0 Å². The minimum absolute atomic E-state index is 0. The van der Waals surface area contributed by atoms with E-state index >= 15 is 0 Å². The molecule has 0 spiro atoms. The molecular weight excluding hydrogens is 153 g/mol. The van der Waals surface area contributed by atoms with Crippen molar-refractivity contribution in [2.75, 3.05) is 6.54 Å². The summed E-state index contributed by atoms with van der Waals surface area (Å²) in [5.74, 6) is -0.776. The van der Waals surface area contributed by atoms with Crippen LogP contribution in [0.1, 0.15) is 12.8 Å². The molecule has 0 aromatic carbocycles. The average molecular weight is 163 g/mol. The SMILES string of the molecule is O=C(O)C1=CCC2CCN12.[NaH]. The van der Waals surface area contributed by atoms with Gasteiger partial charge in [-0.2, -0.15) is 0 Å². The van der Waals surface area contributed by atoms with Gasteiger partial charge in [-0.05, 0) is 12.8 Å². The van der Waals surface area contributed by atoms with Crippen LogP contribution in [0.3, 0.4) is 0 Å². The van der Waals surface area contributed by atoms with Crippen LogP contribution in [0.5, 0.6) is 0 Å². The Labute approximate surface area is 87.4 Å². The molecule has 4 heteroatoms. The molecule has 0 aromatic heterocycles. The summed E-state index contributed by atoms with van der Waals surface area (Å²) >= 11 is 0. The molecule has 0 aliphatic carbocycles. The number of rotatable bonds is 1. The van der Waals surface area contributed by atoms with Gasteiger partial charge in [-0.1, -0.05) is 6.08 Å². The molecule has 1 saturated heterocycles. The number of carboxylic acids is 1. The van der Waals surface area contributed by atoms with E-state index in [-0.39, 0.29) is 29.6 Å². The summed E-state index contributed by atoms with van der Waals surface area (Å²) in [5.41, 5.74) is 0.510. The van der Waals surface area contributed by atoms with E-state index in [1.54, 1.807) is 0 Å². The number of aliphatic carboxylic acids is 1. The van der Waals surface area contributed by atoms with Crippen LogP contribution in [0, 0.1) is 0 Å². The Morgan fingerprint density at radius 2 is 2.45 bits per heavy atom. The molecule has 1 fully saturated rings. The van der Waals surface area contributed by atoms with E-state index in [1.807, 2.05) is 11.0 Å². The molecule has 3 nitrogen and oxygen atoms in total. The quantitative estimate of drug-likeness (QED) is 0.543. The van der Waals surface area contributed by atoms with E-state index in [2.05, 4.69) is 0 Å². The predicted octanol–water partition coefficient (Wildman–Crippen LogP) is -0.216.